The van der Waals surface area contributed by atoms with Crippen LogP contribution in [0.4, 0.5) is 5.69 Å². The first-order chi connectivity index (χ1) is 8.78. The third-order valence-electron chi connectivity index (χ3n) is 3.60. The van der Waals surface area contributed by atoms with Gasteiger partial charge in [0.25, 0.3) is 0 Å². The fourth-order valence-electron chi connectivity index (χ4n) is 2.53. The average Bonchev–Trinajstić information content (AvgIpc) is 2.31. The lowest BCUT2D eigenvalue weighted by molar-refractivity contribution is -0.118. The van der Waals surface area contributed by atoms with Gasteiger partial charge in [0.15, 0.2) is 0 Å². The number of alkyl halides is 1. The second kappa shape index (κ2) is 5.16. The molecule has 0 N–H and O–H groups in total. The topological polar surface area (TPSA) is 20.3 Å². The molecule has 0 saturated carbocycles. The van der Waals surface area contributed by atoms with Crippen LogP contribution in [-0.2, 0) is 11.2 Å². The number of anilines is 1. The molecule has 1 amide bonds. The number of amides is 1. The van der Waals surface area contributed by atoms with Crippen molar-refractivity contribution in [2.45, 2.75) is 45.4 Å². The first-order valence-electron chi connectivity index (χ1n) is 6.81. The Morgan fingerprint density at radius 2 is 2.00 bits per heavy atom. The summed E-state index contributed by atoms with van der Waals surface area (Å²) in [5, 5.41) is 0.0354. The SMILES string of the molecule is CN1C(=O)CCc2cc(C(Cl)CC(C)(C)C)ccc21. The molecule has 0 spiro atoms. The highest BCUT2D eigenvalue weighted by Crippen LogP contribution is 2.37. The number of hydrogen-bond donors (Lipinski definition) is 0. The van der Waals surface area contributed by atoms with Crippen molar-refractivity contribution in [1.29, 1.82) is 0 Å². The van der Waals surface area contributed by atoms with Gasteiger partial charge in [0.2, 0.25) is 5.91 Å². The first kappa shape index (κ1) is 14.4. The number of rotatable bonds is 2. The molecule has 19 heavy (non-hydrogen) atoms. The lowest BCUT2D eigenvalue weighted by atomic mass is 9.87. The number of halogens is 1. The number of carbonyl (C=O) groups excluding carboxylic acids is 1. The largest absolute Gasteiger partial charge is 0.315 e. The lowest BCUT2D eigenvalue weighted by Crippen LogP contribution is -2.31. The Hall–Kier alpha value is -1.02. The van der Waals surface area contributed by atoms with E-state index in [1.807, 2.05) is 13.1 Å². The minimum atomic E-state index is 0.0354. The summed E-state index contributed by atoms with van der Waals surface area (Å²) in [5.41, 5.74) is 3.65. The molecule has 1 atom stereocenters. The fraction of sp³-hybridized carbons (Fsp3) is 0.562. The Bertz CT molecular complexity index is 490. The van der Waals surface area contributed by atoms with Crippen LogP contribution >= 0.6 is 11.6 Å². The molecule has 1 aromatic rings. The summed E-state index contributed by atoms with van der Waals surface area (Å²) in [5.74, 6) is 0.192. The van der Waals surface area contributed by atoms with Gasteiger partial charge in [-0.1, -0.05) is 32.9 Å². The van der Waals surface area contributed by atoms with Crippen molar-refractivity contribution in [2.24, 2.45) is 5.41 Å². The van der Waals surface area contributed by atoms with E-state index in [-0.39, 0.29) is 16.7 Å². The van der Waals surface area contributed by atoms with Crippen molar-refractivity contribution in [3.8, 4) is 0 Å². The van der Waals surface area contributed by atoms with Crippen LogP contribution in [0.25, 0.3) is 0 Å². The van der Waals surface area contributed by atoms with Crippen LogP contribution in [0.3, 0.4) is 0 Å². The fourth-order valence-corrected chi connectivity index (χ4v) is 3.13. The predicted octanol–water partition coefficient (Wildman–Crippen LogP) is 4.31. The van der Waals surface area contributed by atoms with E-state index in [1.165, 1.54) is 5.56 Å². The van der Waals surface area contributed by atoms with Crippen LogP contribution in [0.2, 0.25) is 0 Å². The molecule has 0 aliphatic carbocycles. The van der Waals surface area contributed by atoms with Crippen molar-refractivity contribution in [1.82, 2.24) is 0 Å². The second-order valence-electron chi connectivity index (χ2n) is 6.57. The molecule has 1 aromatic carbocycles. The zero-order valence-corrected chi connectivity index (χ0v) is 12.9. The van der Waals surface area contributed by atoms with Crippen LogP contribution < -0.4 is 4.90 Å². The van der Waals surface area contributed by atoms with E-state index >= 15 is 0 Å². The molecule has 104 valence electrons. The number of benzene rings is 1. The number of aryl methyl sites for hydroxylation is 1. The molecule has 0 radical (unpaired) electrons. The normalized spacial score (nSPS) is 17.3. The average molecular weight is 280 g/mol. The van der Waals surface area contributed by atoms with Crippen LogP contribution in [0, 0.1) is 5.41 Å². The van der Waals surface area contributed by atoms with E-state index in [4.69, 9.17) is 11.6 Å². The van der Waals surface area contributed by atoms with E-state index in [1.54, 1.807) is 4.90 Å². The quantitative estimate of drug-likeness (QED) is 0.739. The van der Waals surface area contributed by atoms with Gasteiger partial charge in [-0.25, -0.2) is 0 Å². The van der Waals surface area contributed by atoms with Gasteiger partial charge in [0, 0.05) is 19.2 Å². The number of carbonyl (C=O) groups is 1. The van der Waals surface area contributed by atoms with Crippen LogP contribution in [0.1, 0.15) is 50.1 Å². The van der Waals surface area contributed by atoms with Crippen LogP contribution in [0.5, 0.6) is 0 Å². The Labute approximate surface area is 120 Å². The van der Waals surface area contributed by atoms with Crippen molar-refractivity contribution in [2.75, 3.05) is 11.9 Å². The van der Waals surface area contributed by atoms with Crippen molar-refractivity contribution >= 4 is 23.2 Å². The summed E-state index contributed by atoms with van der Waals surface area (Å²) >= 11 is 6.52. The first-order valence-corrected chi connectivity index (χ1v) is 7.25. The van der Waals surface area contributed by atoms with E-state index < -0.39 is 0 Å². The highest BCUT2D eigenvalue weighted by molar-refractivity contribution is 6.20. The summed E-state index contributed by atoms with van der Waals surface area (Å²) in [6.45, 7) is 6.60. The van der Waals surface area contributed by atoms with Gasteiger partial charge < -0.3 is 4.90 Å². The van der Waals surface area contributed by atoms with E-state index in [0.717, 1.165) is 24.1 Å². The third kappa shape index (κ3) is 3.30. The molecule has 2 nitrogen and oxygen atoms in total. The standard InChI is InChI=1S/C16H22ClNO/c1-16(2,3)10-13(17)11-5-7-14-12(9-11)6-8-15(19)18(14)4/h5,7,9,13H,6,8,10H2,1-4H3. The van der Waals surface area contributed by atoms with Gasteiger partial charge in [-0.3, -0.25) is 4.79 Å². The maximum absolute atomic E-state index is 11.7. The molecule has 0 aromatic heterocycles. The highest BCUT2D eigenvalue weighted by Gasteiger charge is 2.23. The highest BCUT2D eigenvalue weighted by atomic mass is 35.5. The van der Waals surface area contributed by atoms with Crippen LogP contribution in [-0.4, -0.2) is 13.0 Å². The zero-order chi connectivity index (χ0) is 14.2. The Morgan fingerprint density at radius 1 is 1.32 bits per heavy atom. The summed E-state index contributed by atoms with van der Waals surface area (Å²) in [4.78, 5) is 13.4. The molecule has 1 aliphatic rings. The van der Waals surface area contributed by atoms with Crippen molar-refractivity contribution < 1.29 is 4.79 Å². The number of nitrogens with zero attached hydrogens (tertiary/aromatic N) is 1. The monoisotopic (exact) mass is 279 g/mol. The molecule has 2 rings (SSSR count). The van der Waals surface area contributed by atoms with Gasteiger partial charge in [-0.05, 0) is 35.4 Å². The summed E-state index contributed by atoms with van der Waals surface area (Å²) in [6.07, 6.45) is 2.37. The number of fused-ring (bicyclic) bond motifs is 1. The molecule has 0 saturated heterocycles. The second-order valence-corrected chi connectivity index (χ2v) is 7.10. The Kier molecular flexibility index (Phi) is 3.91. The number of hydrogen-bond acceptors (Lipinski definition) is 1. The molecule has 3 heteroatoms. The van der Waals surface area contributed by atoms with Gasteiger partial charge in [0.1, 0.15) is 0 Å². The molecule has 0 bridgehead atoms. The summed E-state index contributed by atoms with van der Waals surface area (Å²) in [7, 11) is 1.84. The van der Waals surface area contributed by atoms with Gasteiger partial charge >= 0.3 is 0 Å². The van der Waals surface area contributed by atoms with E-state index in [2.05, 4.69) is 32.9 Å². The van der Waals surface area contributed by atoms with Crippen molar-refractivity contribution in [3.05, 3.63) is 29.3 Å². The molecular formula is C16H22ClNO. The molecule has 0 fully saturated rings. The summed E-state index contributed by atoms with van der Waals surface area (Å²) in [6, 6.07) is 6.25. The van der Waals surface area contributed by atoms with Crippen molar-refractivity contribution in [3.63, 3.8) is 0 Å². The van der Waals surface area contributed by atoms with E-state index in [9.17, 15) is 4.79 Å². The molecule has 1 heterocycles. The lowest BCUT2D eigenvalue weighted by Gasteiger charge is -2.27. The smallest absolute Gasteiger partial charge is 0.227 e. The summed E-state index contributed by atoms with van der Waals surface area (Å²) < 4.78 is 0. The zero-order valence-electron chi connectivity index (χ0n) is 12.2. The Balaban J connectivity index is 2.24. The maximum atomic E-state index is 11.7. The van der Waals surface area contributed by atoms with Gasteiger partial charge in [-0.15, -0.1) is 11.6 Å². The predicted molar refractivity (Wildman–Crippen MR) is 80.8 cm³/mol. The van der Waals surface area contributed by atoms with Gasteiger partial charge in [-0.2, -0.15) is 0 Å². The maximum Gasteiger partial charge on any atom is 0.227 e. The molecular weight excluding hydrogens is 258 g/mol. The van der Waals surface area contributed by atoms with E-state index in [0.29, 0.717) is 6.42 Å². The Morgan fingerprint density at radius 3 is 2.63 bits per heavy atom. The van der Waals surface area contributed by atoms with Gasteiger partial charge in [0.05, 0.1) is 5.38 Å². The van der Waals surface area contributed by atoms with Crippen LogP contribution in [0.15, 0.2) is 18.2 Å². The minimum Gasteiger partial charge on any atom is -0.315 e. The third-order valence-corrected chi connectivity index (χ3v) is 4.01. The molecule has 1 unspecified atom stereocenters. The minimum absolute atomic E-state index is 0.0354. The molecule has 1 aliphatic heterocycles.